The van der Waals surface area contributed by atoms with Gasteiger partial charge in [0.1, 0.15) is 11.1 Å². The monoisotopic (exact) mass is 294 g/mol. The van der Waals surface area contributed by atoms with E-state index < -0.39 is 11.5 Å². The Kier molecular flexibility index (Phi) is 3.57. The average Bonchev–Trinajstić information content (AvgIpc) is 2.43. The van der Waals surface area contributed by atoms with Crippen molar-refractivity contribution in [3.63, 3.8) is 0 Å². The van der Waals surface area contributed by atoms with Crippen LogP contribution in [0.1, 0.15) is 10.4 Å². The van der Waals surface area contributed by atoms with Gasteiger partial charge in [-0.1, -0.05) is 0 Å². The second-order valence-electron chi connectivity index (χ2n) is 4.01. The second-order valence-corrected chi connectivity index (χ2v) is 4.01. The molecule has 0 aliphatic heterocycles. The Bertz CT molecular complexity index is 784. The van der Waals surface area contributed by atoms with Crippen LogP contribution in [0.5, 0.6) is 17.2 Å². The van der Waals surface area contributed by atoms with Crippen LogP contribution in [-0.4, -0.2) is 37.2 Å². The van der Waals surface area contributed by atoms with E-state index in [1.165, 1.54) is 21.3 Å². The molecule has 0 spiro atoms. The van der Waals surface area contributed by atoms with Gasteiger partial charge >= 0.3 is 0 Å². The number of ether oxygens (including phenoxy) is 3. The van der Waals surface area contributed by atoms with Gasteiger partial charge in [0.15, 0.2) is 11.5 Å². The molecule has 0 atom stereocenters. The number of fused-ring (bicyclic) bond motifs is 1. The minimum absolute atomic E-state index is 0.00794. The van der Waals surface area contributed by atoms with Crippen molar-refractivity contribution in [3.05, 3.63) is 15.9 Å². The third kappa shape index (κ3) is 2.08. The average molecular weight is 294 g/mol. The lowest BCUT2D eigenvalue weighted by Gasteiger charge is -2.17. The number of hydrogen-bond acceptors (Lipinski definition) is 7. The van der Waals surface area contributed by atoms with Gasteiger partial charge in [-0.05, 0) is 0 Å². The summed E-state index contributed by atoms with van der Waals surface area (Å²) < 4.78 is 15.5. The lowest BCUT2D eigenvalue weighted by Crippen LogP contribution is -2.20. The fraction of sp³-hybridized carbons (Fsp3) is 0.250. The molecule has 2 aromatic rings. The van der Waals surface area contributed by atoms with Crippen LogP contribution >= 0.6 is 0 Å². The van der Waals surface area contributed by atoms with Gasteiger partial charge in [0.05, 0.1) is 26.7 Å². The van der Waals surface area contributed by atoms with E-state index in [-0.39, 0.29) is 39.7 Å². The number of rotatable bonds is 4. The Morgan fingerprint density at radius 3 is 2.14 bits per heavy atom. The lowest BCUT2D eigenvalue weighted by molar-refractivity contribution is 0.0998. The zero-order chi connectivity index (χ0) is 15.7. The largest absolute Gasteiger partial charge is 0.492 e. The number of amides is 1. The van der Waals surface area contributed by atoms with Gasteiger partial charge in [-0.25, -0.2) is 4.98 Å². The van der Waals surface area contributed by atoms with Crippen molar-refractivity contribution >= 4 is 22.8 Å². The van der Waals surface area contributed by atoms with Crippen molar-refractivity contribution < 1.29 is 19.0 Å². The summed E-state index contributed by atoms with van der Waals surface area (Å²) in [4.78, 5) is 30.1. The normalized spacial score (nSPS) is 10.4. The van der Waals surface area contributed by atoms with Crippen molar-refractivity contribution in [2.24, 2.45) is 5.73 Å². The summed E-state index contributed by atoms with van der Waals surface area (Å²) in [6, 6.07) is 0. The molecule has 0 saturated heterocycles. The molecule has 0 radical (unpaired) electrons. The number of anilines is 1. The number of nitrogen functional groups attached to an aromatic ring is 1. The number of aromatic nitrogens is 2. The predicted molar refractivity (Wildman–Crippen MR) is 75.0 cm³/mol. The Hall–Kier alpha value is -2.97. The first kappa shape index (κ1) is 14.4. The number of carbonyl (C=O) groups excluding carboxylic acids is 1. The lowest BCUT2D eigenvalue weighted by atomic mass is 10.1. The van der Waals surface area contributed by atoms with Crippen molar-refractivity contribution in [3.8, 4) is 17.2 Å². The first-order valence-electron chi connectivity index (χ1n) is 5.77. The Morgan fingerprint density at radius 1 is 1.10 bits per heavy atom. The zero-order valence-corrected chi connectivity index (χ0v) is 11.6. The highest BCUT2D eigenvalue weighted by Crippen LogP contribution is 2.44. The molecule has 9 nitrogen and oxygen atoms in total. The number of aromatic amines is 1. The molecule has 9 heteroatoms. The second kappa shape index (κ2) is 5.19. The highest BCUT2D eigenvalue weighted by molar-refractivity contribution is 6.11. The van der Waals surface area contributed by atoms with Crippen LogP contribution in [0.15, 0.2) is 4.79 Å². The minimum atomic E-state index is -0.866. The standard InChI is InChI=1S/C12H14N4O5/c1-19-7-5(10(13)17)4-6(8(20-2)9(7)21-3)15-12(14)16-11(4)18/h1-3H3,(H2,13,17)(H3,14,15,16,18). The van der Waals surface area contributed by atoms with Crippen LogP contribution in [-0.2, 0) is 0 Å². The summed E-state index contributed by atoms with van der Waals surface area (Å²) in [5.74, 6) is -0.791. The number of primary amides is 1. The fourth-order valence-corrected chi connectivity index (χ4v) is 2.13. The molecule has 0 fully saturated rings. The van der Waals surface area contributed by atoms with Crippen molar-refractivity contribution in [1.29, 1.82) is 0 Å². The Labute approximate surface area is 118 Å². The first-order chi connectivity index (χ1) is 9.96. The van der Waals surface area contributed by atoms with Crippen LogP contribution in [0.25, 0.3) is 10.9 Å². The summed E-state index contributed by atoms with van der Waals surface area (Å²) in [6.45, 7) is 0. The van der Waals surface area contributed by atoms with Crippen LogP contribution < -0.4 is 31.2 Å². The molecule has 0 unspecified atom stereocenters. The highest BCUT2D eigenvalue weighted by Gasteiger charge is 2.27. The molecular formula is C12H14N4O5. The number of nitrogens with zero attached hydrogens (tertiary/aromatic N) is 1. The van der Waals surface area contributed by atoms with Crippen LogP contribution in [0.2, 0.25) is 0 Å². The van der Waals surface area contributed by atoms with Crippen molar-refractivity contribution in [2.45, 2.75) is 0 Å². The summed E-state index contributed by atoms with van der Waals surface area (Å²) >= 11 is 0. The zero-order valence-electron chi connectivity index (χ0n) is 11.6. The van der Waals surface area contributed by atoms with Gasteiger partial charge in [-0.2, -0.15) is 0 Å². The van der Waals surface area contributed by atoms with E-state index >= 15 is 0 Å². The van der Waals surface area contributed by atoms with Crippen LogP contribution in [0, 0.1) is 0 Å². The molecule has 0 aliphatic rings. The van der Waals surface area contributed by atoms with Crippen LogP contribution in [0.3, 0.4) is 0 Å². The summed E-state index contributed by atoms with van der Waals surface area (Å²) in [5.41, 5.74) is 10.2. The maximum atomic E-state index is 12.1. The van der Waals surface area contributed by atoms with Crippen LogP contribution in [0.4, 0.5) is 5.95 Å². The van der Waals surface area contributed by atoms with E-state index in [1.807, 2.05) is 0 Å². The highest BCUT2D eigenvalue weighted by atomic mass is 16.5. The van der Waals surface area contributed by atoms with Gasteiger partial charge < -0.3 is 25.7 Å². The van der Waals surface area contributed by atoms with Gasteiger partial charge in [0, 0.05) is 0 Å². The number of H-pyrrole nitrogens is 1. The third-order valence-corrected chi connectivity index (χ3v) is 2.90. The Balaban J connectivity index is 3.18. The third-order valence-electron chi connectivity index (χ3n) is 2.90. The fourth-order valence-electron chi connectivity index (χ4n) is 2.13. The Morgan fingerprint density at radius 2 is 1.67 bits per heavy atom. The first-order valence-corrected chi connectivity index (χ1v) is 5.77. The molecule has 0 saturated carbocycles. The molecule has 112 valence electrons. The molecule has 0 bridgehead atoms. The molecule has 1 amide bonds. The molecule has 0 aliphatic carbocycles. The van der Waals surface area contributed by atoms with E-state index in [0.717, 1.165) is 0 Å². The maximum Gasteiger partial charge on any atom is 0.261 e. The molecule has 21 heavy (non-hydrogen) atoms. The van der Waals surface area contributed by atoms with E-state index in [4.69, 9.17) is 25.7 Å². The summed E-state index contributed by atoms with van der Waals surface area (Å²) in [5, 5.41) is -0.0776. The number of methoxy groups -OCH3 is 3. The van der Waals surface area contributed by atoms with E-state index in [1.54, 1.807) is 0 Å². The molecule has 1 heterocycles. The summed E-state index contributed by atoms with van der Waals surface area (Å²) in [7, 11) is 4.03. The van der Waals surface area contributed by atoms with Gasteiger partial charge in [-0.3, -0.25) is 14.6 Å². The number of nitrogens with two attached hydrogens (primary N) is 2. The summed E-state index contributed by atoms with van der Waals surface area (Å²) in [6.07, 6.45) is 0. The number of benzene rings is 1. The van der Waals surface area contributed by atoms with Gasteiger partial charge in [0.25, 0.3) is 11.5 Å². The van der Waals surface area contributed by atoms with E-state index in [9.17, 15) is 9.59 Å². The van der Waals surface area contributed by atoms with Crippen molar-refractivity contribution in [2.75, 3.05) is 27.1 Å². The van der Waals surface area contributed by atoms with Gasteiger partial charge in [-0.15, -0.1) is 0 Å². The molecule has 2 rings (SSSR count). The predicted octanol–water partition coefficient (Wildman–Crippen LogP) is -0.370. The maximum absolute atomic E-state index is 12.1. The quantitative estimate of drug-likeness (QED) is 0.698. The van der Waals surface area contributed by atoms with E-state index in [0.29, 0.717) is 0 Å². The molecule has 5 N–H and O–H groups in total. The minimum Gasteiger partial charge on any atom is -0.492 e. The van der Waals surface area contributed by atoms with E-state index in [2.05, 4.69) is 9.97 Å². The molecule has 1 aromatic carbocycles. The topological polar surface area (TPSA) is 143 Å². The number of nitrogens with one attached hydrogen (secondary N) is 1. The number of carbonyl (C=O) groups is 1. The smallest absolute Gasteiger partial charge is 0.261 e. The SMILES string of the molecule is COc1c(OC)c(C(N)=O)c2c(=O)[nH]c(N)nc2c1OC. The molecule has 1 aromatic heterocycles. The number of hydrogen-bond donors (Lipinski definition) is 3. The van der Waals surface area contributed by atoms with Gasteiger partial charge in [0.2, 0.25) is 11.7 Å². The molecular weight excluding hydrogens is 280 g/mol. The van der Waals surface area contributed by atoms with Crippen molar-refractivity contribution in [1.82, 2.24) is 9.97 Å².